The molecule has 0 aromatic heterocycles. The smallest absolute Gasteiger partial charge is 0.416 e. The zero-order chi connectivity index (χ0) is 28.0. The predicted molar refractivity (Wildman–Crippen MR) is 141 cm³/mol. The van der Waals surface area contributed by atoms with Crippen LogP contribution in [0.2, 0.25) is 0 Å². The number of carbonyl (C=O) groups excluding carboxylic acids is 1. The second-order valence-corrected chi connectivity index (χ2v) is 8.66. The van der Waals surface area contributed by atoms with Gasteiger partial charge in [0.05, 0.1) is 23.6 Å². The molecule has 200 valence electrons. The minimum Gasteiger partial charge on any atom is -0.467 e. The highest BCUT2D eigenvalue weighted by molar-refractivity contribution is 5.88. The lowest BCUT2D eigenvalue weighted by Gasteiger charge is -2.41. The summed E-state index contributed by atoms with van der Waals surface area (Å²) < 4.78 is 45.0. The molecule has 4 rings (SSSR count). The van der Waals surface area contributed by atoms with Crippen molar-refractivity contribution in [2.75, 3.05) is 17.7 Å². The van der Waals surface area contributed by atoms with Gasteiger partial charge in [-0.2, -0.15) is 13.2 Å². The Kier molecular flexibility index (Phi) is 7.85. The van der Waals surface area contributed by atoms with E-state index in [9.17, 15) is 28.1 Å². The van der Waals surface area contributed by atoms with Gasteiger partial charge < -0.3 is 15.4 Å². The van der Waals surface area contributed by atoms with Crippen LogP contribution >= 0.6 is 0 Å². The third-order valence-electron chi connectivity index (χ3n) is 6.25. The van der Waals surface area contributed by atoms with E-state index >= 15 is 0 Å². The molecule has 2 N–H and O–H groups in total. The largest absolute Gasteiger partial charge is 0.467 e. The molecule has 10 heteroatoms. The van der Waals surface area contributed by atoms with Crippen LogP contribution < -0.4 is 10.6 Å². The maximum absolute atomic E-state index is 13.8. The van der Waals surface area contributed by atoms with Crippen LogP contribution in [-0.2, 0) is 21.2 Å². The Bertz CT molecular complexity index is 1410. The molecule has 0 aliphatic carbocycles. The van der Waals surface area contributed by atoms with Crippen LogP contribution in [0.25, 0.3) is 0 Å². The van der Waals surface area contributed by atoms with E-state index in [1.807, 2.05) is 6.07 Å². The first-order valence-corrected chi connectivity index (χ1v) is 11.8. The zero-order valence-electron chi connectivity index (χ0n) is 20.7. The van der Waals surface area contributed by atoms with Crippen molar-refractivity contribution in [3.63, 3.8) is 0 Å². The Labute approximate surface area is 222 Å². The van der Waals surface area contributed by atoms with Gasteiger partial charge in [-0.25, -0.2) is 4.79 Å². The number of alkyl halides is 3. The van der Waals surface area contributed by atoms with Crippen molar-refractivity contribution < 1.29 is 27.6 Å². The van der Waals surface area contributed by atoms with E-state index in [-0.39, 0.29) is 11.4 Å². The fraction of sp³-hybridized carbons (Fsp3) is 0.138. The molecule has 39 heavy (non-hydrogen) atoms. The average molecular weight is 536 g/mol. The van der Waals surface area contributed by atoms with E-state index in [0.29, 0.717) is 16.8 Å². The monoisotopic (exact) mass is 535 g/mol. The number of halogens is 3. The van der Waals surface area contributed by atoms with Gasteiger partial charge in [0.1, 0.15) is 0 Å². The van der Waals surface area contributed by atoms with Crippen molar-refractivity contribution in [1.29, 1.82) is 0 Å². The minimum atomic E-state index is -4.53. The van der Waals surface area contributed by atoms with Crippen LogP contribution in [0.1, 0.15) is 22.7 Å². The van der Waals surface area contributed by atoms with Crippen molar-refractivity contribution >= 4 is 23.0 Å². The van der Waals surface area contributed by atoms with Gasteiger partial charge in [0.15, 0.2) is 5.54 Å². The summed E-state index contributed by atoms with van der Waals surface area (Å²) in [5, 5.41) is 17.8. The number of carbonyl (C=O) groups is 1. The number of nitrogens with zero attached hydrogens (tertiary/aromatic N) is 1. The molecule has 0 saturated heterocycles. The topological polar surface area (TPSA) is 93.5 Å². The van der Waals surface area contributed by atoms with Gasteiger partial charge >= 0.3 is 12.1 Å². The Hall–Kier alpha value is -4.86. The van der Waals surface area contributed by atoms with Crippen LogP contribution in [0.4, 0.5) is 30.2 Å². The summed E-state index contributed by atoms with van der Waals surface area (Å²) in [6.07, 6.45) is -4.53. The highest BCUT2D eigenvalue weighted by Crippen LogP contribution is 2.42. The van der Waals surface area contributed by atoms with Crippen molar-refractivity contribution in [1.82, 2.24) is 0 Å². The molecule has 0 aliphatic rings. The SMILES string of the molecule is COC(=O)[C@@](Nc1ccc(C(F)(F)F)cc1)(c1ccccc1)[C@@H](Nc1ccccc1)c1ccc([N+](=O)[O-])cc1. The fourth-order valence-electron chi connectivity index (χ4n) is 4.36. The van der Waals surface area contributed by atoms with Crippen LogP contribution in [0.15, 0.2) is 109 Å². The molecule has 0 radical (unpaired) electrons. The van der Waals surface area contributed by atoms with Gasteiger partial charge in [0.25, 0.3) is 5.69 Å². The number of ether oxygens (including phenoxy) is 1. The van der Waals surface area contributed by atoms with E-state index in [0.717, 1.165) is 12.1 Å². The average Bonchev–Trinajstić information content (AvgIpc) is 2.95. The lowest BCUT2D eigenvalue weighted by Crippen LogP contribution is -2.51. The summed E-state index contributed by atoms with van der Waals surface area (Å²) in [7, 11) is 1.21. The molecule has 0 heterocycles. The summed E-state index contributed by atoms with van der Waals surface area (Å²) >= 11 is 0. The van der Waals surface area contributed by atoms with Gasteiger partial charge in [-0.3, -0.25) is 10.1 Å². The molecular weight excluding hydrogens is 511 g/mol. The Morgan fingerprint density at radius 2 is 1.36 bits per heavy atom. The van der Waals surface area contributed by atoms with E-state index < -0.39 is 34.2 Å². The van der Waals surface area contributed by atoms with Crippen molar-refractivity contribution in [3.05, 3.63) is 136 Å². The van der Waals surface area contributed by atoms with Gasteiger partial charge in [-0.1, -0.05) is 60.7 Å². The first kappa shape index (κ1) is 27.2. The fourth-order valence-corrected chi connectivity index (χ4v) is 4.36. The second-order valence-electron chi connectivity index (χ2n) is 8.66. The number of nitrogens with one attached hydrogen (secondary N) is 2. The first-order valence-electron chi connectivity index (χ1n) is 11.8. The lowest BCUT2D eigenvalue weighted by atomic mass is 9.78. The summed E-state index contributed by atoms with van der Waals surface area (Å²) in [6, 6.07) is 26.6. The number of non-ortho nitro benzene ring substituents is 1. The predicted octanol–water partition coefficient (Wildman–Crippen LogP) is 6.95. The zero-order valence-corrected chi connectivity index (χ0v) is 20.7. The molecule has 0 saturated carbocycles. The molecule has 0 amide bonds. The molecular formula is C29H24F3N3O4. The third-order valence-corrected chi connectivity index (χ3v) is 6.25. The summed E-state index contributed by atoms with van der Waals surface area (Å²) in [6.45, 7) is 0. The summed E-state index contributed by atoms with van der Waals surface area (Å²) in [4.78, 5) is 24.6. The molecule has 2 atom stereocenters. The van der Waals surface area contributed by atoms with Crippen LogP contribution in [0, 0.1) is 10.1 Å². The van der Waals surface area contributed by atoms with Gasteiger partial charge in [0, 0.05) is 23.5 Å². The lowest BCUT2D eigenvalue weighted by molar-refractivity contribution is -0.384. The molecule has 0 aliphatic heterocycles. The Morgan fingerprint density at radius 1 is 0.795 bits per heavy atom. The molecule has 7 nitrogen and oxygen atoms in total. The van der Waals surface area contributed by atoms with E-state index in [1.54, 1.807) is 54.6 Å². The van der Waals surface area contributed by atoms with Crippen LogP contribution in [-0.4, -0.2) is 18.0 Å². The van der Waals surface area contributed by atoms with Crippen LogP contribution in [0.3, 0.4) is 0 Å². The maximum atomic E-state index is 13.8. The van der Waals surface area contributed by atoms with E-state index in [2.05, 4.69) is 10.6 Å². The number of anilines is 2. The number of hydrogen-bond donors (Lipinski definition) is 2. The second kappa shape index (κ2) is 11.3. The number of methoxy groups -OCH3 is 1. The number of para-hydroxylation sites is 1. The summed E-state index contributed by atoms with van der Waals surface area (Å²) in [5.41, 5.74) is -0.941. The number of esters is 1. The molecule has 4 aromatic carbocycles. The number of nitro benzene ring substituents is 1. The van der Waals surface area contributed by atoms with E-state index in [4.69, 9.17) is 4.74 Å². The Morgan fingerprint density at radius 3 is 1.87 bits per heavy atom. The standard InChI is InChI=1S/C29H24F3N3O4/c1-39-27(36)28(21-8-4-2-5-9-21,34-24-16-14-22(15-17-24)29(30,31)32)26(33-23-10-6-3-7-11-23)20-12-18-25(19-13-20)35(37)38/h2-19,26,33-34H,1H3/t26-,28+/m0/s1. The van der Waals surface area contributed by atoms with Crippen molar-refractivity contribution in [3.8, 4) is 0 Å². The highest BCUT2D eigenvalue weighted by Gasteiger charge is 2.50. The van der Waals surface area contributed by atoms with Gasteiger partial charge in [0.2, 0.25) is 0 Å². The van der Waals surface area contributed by atoms with E-state index in [1.165, 1.54) is 43.5 Å². The Balaban J connectivity index is 1.95. The molecule has 0 spiro atoms. The number of hydrogen-bond acceptors (Lipinski definition) is 6. The molecule has 0 fully saturated rings. The first-order chi connectivity index (χ1) is 18.6. The van der Waals surface area contributed by atoms with Gasteiger partial charge in [-0.05, 0) is 47.5 Å². The highest BCUT2D eigenvalue weighted by atomic mass is 19.4. The number of nitro groups is 1. The normalized spacial score (nSPS) is 13.5. The van der Waals surface area contributed by atoms with Crippen molar-refractivity contribution in [2.45, 2.75) is 17.8 Å². The van der Waals surface area contributed by atoms with Crippen LogP contribution in [0.5, 0.6) is 0 Å². The van der Waals surface area contributed by atoms with Crippen molar-refractivity contribution in [2.24, 2.45) is 0 Å². The molecule has 4 aromatic rings. The quantitative estimate of drug-likeness (QED) is 0.137. The van der Waals surface area contributed by atoms with Gasteiger partial charge in [-0.15, -0.1) is 0 Å². The molecule has 0 bridgehead atoms. The molecule has 0 unspecified atom stereocenters. The maximum Gasteiger partial charge on any atom is 0.416 e. The third kappa shape index (κ3) is 5.85. The summed E-state index contributed by atoms with van der Waals surface area (Å²) in [5.74, 6) is -0.736. The number of benzene rings is 4. The number of rotatable bonds is 9. The minimum absolute atomic E-state index is 0.142.